The normalized spacial score (nSPS) is 10.9. The Labute approximate surface area is 133 Å². The number of ketones is 1. The molecular formula is C16H11Br2NO. The van der Waals surface area contributed by atoms with E-state index in [2.05, 4.69) is 36.8 Å². The number of rotatable bonds is 2. The lowest BCUT2D eigenvalue weighted by atomic mass is 10.0. The second-order valence-corrected chi connectivity index (χ2v) is 6.46. The van der Waals surface area contributed by atoms with E-state index in [4.69, 9.17) is 0 Å². The van der Waals surface area contributed by atoms with Crippen LogP contribution in [-0.2, 0) is 0 Å². The minimum Gasteiger partial charge on any atom is -0.360 e. The van der Waals surface area contributed by atoms with E-state index in [1.165, 1.54) is 0 Å². The fourth-order valence-electron chi connectivity index (χ4n) is 2.22. The molecule has 100 valence electrons. The van der Waals surface area contributed by atoms with Crippen LogP contribution in [0.4, 0.5) is 0 Å². The first kappa shape index (κ1) is 13.6. The molecule has 0 saturated carbocycles. The Morgan fingerprint density at radius 3 is 2.65 bits per heavy atom. The van der Waals surface area contributed by atoms with Gasteiger partial charge in [0.15, 0.2) is 5.78 Å². The number of nitrogens with one attached hydrogen (secondary N) is 1. The zero-order chi connectivity index (χ0) is 14.3. The maximum atomic E-state index is 12.6. The summed E-state index contributed by atoms with van der Waals surface area (Å²) in [5.41, 5.74) is 3.41. The number of aryl methyl sites for hydroxylation is 1. The summed E-state index contributed by atoms with van der Waals surface area (Å²) in [4.78, 5) is 15.8. The van der Waals surface area contributed by atoms with Crippen molar-refractivity contribution in [2.24, 2.45) is 0 Å². The van der Waals surface area contributed by atoms with Gasteiger partial charge in [0.25, 0.3) is 0 Å². The topological polar surface area (TPSA) is 32.9 Å². The first-order valence-electron chi connectivity index (χ1n) is 6.14. The van der Waals surface area contributed by atoms with Crippen LogP contribution in [-0.4, -0.2) is 10.8 Å². The predicted molar refractivity (Wildman–Crippen MR) is 88.3 cm³/mol. The summed E-state index contributed by atoms with van der Waals surface area (Å²) in [5, 5.41) is 0.935. The highest BCUT2D eigenvalue weighted by Crippen LogP contribution is 2.26. The highest BCUT2D eigenvalue weighted by Gasteiger charge is 2.15. The molecule has 0 amide bonds. The van der Waals surface area contributed by atoms with Crippen molar-refractivity contribution < 1.29 is 4.79 Å². The van der Waals surface area contributed by atoms with E-state index in [0.717, 1.165) is 25.4 Å². The SMILES string of the molecule is Cc1cc(C(=O)c2c[nH]c3ccc(Br)cc23)ccc1Br. The van der Waals surface area contributed by atoms with Gasteiger partial charge in [0.2, 0.25) is 0 Å². The van der Waals surface area contributed by atoms with E-state index in [0.29, 0.717) is 11.1 Å². The molecule has 0 aliphatic rings. The first-order valence-corrected chi connectivity index (χ1v) is 7.72. The number of hydrogen-bond donors (Lipinski definition) is 1. The molecule has 1 heterocycles. The van der Waals surface area contributed by atoms with Gasteiger partial charge in [-0.15, -0.1) is 0 Å². The molecule has 2 nitrogen and oxygen atoms in total. The molecule has 0 aliphatic heterocycles. The van der Waals surface area contributed by atoms with Crippen LogP contribution >= 0.6 is 31.9 Å². The number of H-pyrrole nitrogens is 1. The van der Waals surface area contributed by atoms with Crippen molar-refractivity contribution in [2.45, 2.75) is 6.92 Å². The molecule has 0 unspecified atom stereocenters. The Morgan fingerprint density at radius 2 is 1.90 bits per heavy atom. The molecule has 0 bridgehead atoms. The lowest BCUT2D eigenvalue weighted by Gasteiger charge is -2.03. The second-order valence-electron chi connectivity index (χ2n) is 4.69. The van der Waals surface area contributed by atoms with Gasteiger partial charge < -0.3 is 4.98 Å². The lowest BCUT2D eigenvalue weighted by molar-refractivity contribution is 0.104. The first-order chi connectivity index (χ1) is 9.56. The number of carbonyl (C=O) groups is 1. The summed E-state index contributed by atoms with van der Waals surface area (Å²) in [5.74, 6) is 0.0324. The Hall–Kier alpha value is -1.39. The number of halogens is 2. The number of carbonyl (C=O) groups excluding carboxylic acids is 1. The van der Waals surface area contributed by atoms with Crippen LogP contribution in [0.3, 0.4) is 0 Å². The number of fused-ring (bicyclic) bond motifs is 1. The standard InChI is InChI=1S/C16H11Br2NO/c1-9-6-10(2-4-14(9)18)16(20)13-8-19-15-5-3-11(17)7-12(13)15/h2-8,19H,1H3. The summed E-state index contributed by atoms with van der Waals surface area (Å²) < 4.78 is 1.97. The van der Waals surface area contributed by atoms with E-state index >= 15 is 0 Å². The Morgan fingerprint density at radius 1 is 1.10 bits per heavy atom. The molecule has 0 radical (unpaired) electrons. The van der Waals surface area contributed by atoms with Gasteiger partial charge in [0.05, 0.1) is 0 Å². The highest BCUT2D eigenvalue weighted by molar-refractivity contribution is 9.10. The van der Waals surface area contributed by atoms with Crippen LogP contribution in [0.2, 0.25) is 0 Å². The van der Waals surface area contributed by atoms with E-state index < -0.39 is 0 Å². The van der Waals surface area contributed by atoms with E-state index in [9.17, 15) is 4.79 Å². The Balaban J connectivity index is 2.12. The minimum atomic E-state index is 0.0324. The summed E-state index contributed by atoms with van der Waals surface area (Å²) in [6.07, 6.45) is 1.77. The summed E-state index contributed by atoms with van der Waals surface area (Å²) >= 11 is 6.90. The molecule has 4 heteroatoms. The number of aromatic amines is 1. The van der Waals surface area contributed by atoms with Gasteiger partial charge in [0.1, 0.15) is 0 Å². The molecule has 20 heavy (non-hydrogen) atoms. The van der Waals surface area contributed by atoms with Gasteiger partial charge >= 0.3 is 0 Å². The molecule has 2 aromatic carbocycles. The van der Waals surface area contributed by atoms with Crippen molar-refractivity contribution in [3.05, 3.63) is 68.2 Å². The Kier molecular flexibility index (Phi) is 3.52. The molecule has 0 saturated heterocycles. The van der Waals surface area contributed by atoms with Gasteiger partial charge in [-0.25, -0.2) is 0 Å². The predicted octanol–water partition coefficient (Wildman–Crippen LogP) is 5.23. The van der Waals surface area contributed by atoms with Crippen LogP contribution in [0.15, 0.2) is 51.5 Å². The van der Waals surface area contributed by atoms with Gasteiger partial charge in [-0.05, 0) is 48.9 Å². The molecule has 3 rings (SSSR count). The smallest absolute Gasteiger partial charge is 0.195 e. The third-order valence-electron chi connectivity index (χ3n) is 3.31. The Bertz CT molecular complexity index is 820. The average molecular weight is 393 g/mol. The molecule has 3 aromatic rings. The van der Waals surface area contributed by atoms with E-state index in [1.807, 2.05) is 43.3 Å². The third-order valence-corrected chi connectivity index (χ3v) is 4.69. The molecule has 0 spiro atoms. The maximum Gasteiger partial charge on any atom is 0.195 e. The lowest BCUT2D eigenvalue weighted by Crippen LogP contribution is -2.00. The average Bonchev–Trinajstić information content (AvgIpc) is 2.84. The van der Waals surface area contributed by atoms with Crippen molar-refractivity contribution >= 4 is 48.5 Å². The van der Waals surface area contributed by atoms with Crippen LogP contribution in [0, 0.1) is 6.92 Å². The number of benzene rings is 2. The van der Waals surface area contributed by atoms with Crippen LogP contribution < -0.4 is 0 Å². The van der Waals surface area contributed by atoms with Crippen LogP contribution in [0.1, 0.15) is 21.5 Å². The molecule has 0 atom stereocenters. The van der Waals surface area contributed by atoms with Crippen LogP contribution in [0.25, 0.3) is 10.9 Å². The van der Waals surface area contributed by atoms with Gasteiger partial charge in [0, 0.05) is 37.2 Å². The quantitative estimate of drug-likeness (QED) is 0.595. The van der Waals surface area contributed by atoms with Gasteiger partial charge in [-0.1, -0.05) is 31.9 Å². The van der Waals surface area contributed by atoms with Crippen molar-refractivity contribution in [2.75, 3.05) is 0 Å². The molecule has 1 N–H and O–H groups in total. The monoisotopic (exact) mass is 391 g/mol. The van der Waals surface area contributed by atoms with E-state index in [1.54, 1.807) is 6.20 Å². The van der Waals surface area contributed by atoms with Crippen molar-refractivity contribution in [3.63, 3.8) is 0 Å². The molecule has 0 aliphatic carbocycles. The van der Waals surface area contributed by atoms with Crippen LogP contribution in [0.5, 0.6) is 0 Å². The molecule has 0 fully saturated rings. The largest absolute Gasteiger partial charge is 0.360 e. The fraction of sp³-hybridized carbons (Fsp3) is 0.0625. The number of hydrogen-bond acceptors (Lipinski definition) is 1. The zero-order valence-corrected chi connectivity index (χ0v) is 13.9. The van der Waals surface area contributed by atoms with Crippen molar-refractivity contribution in [1.29, 1.82) is 0 Å². The highest BCUT2D eigenvalue weighted by atomic mass is 79.9. The minimum absolute atomic E-state index is 0.0324. The molecular weight excluding hydrogens is 382 g/mol. The fourth-order valence-corrected chi connectivity index (χ4v) is 2.83. The van der Waals surface area contributed by atoms with Gasteiger partial charge in [-0.3, -0.25) is 4.79 Å². The number of aromatic nitrogens is 1. The third kappa shape index (κ3) is 2.34. The van der Waals surface area contributed by atoms with Gasteiger partial charge in [-0.2, -0.15) is 0 Å². The van der Waals surface area contributed by atoms with Crippen molar-refractivity contribution in [1.82, 2.24) is 4.98 Å². The maximum absolute atomic E-state index is 12.6. The van der Waals surface area contributed by atoms with E-state index in [-0.39, 0.29) is 5.78 Å². The summed E-state index contributed by atoms with van der Waals surface area (Å²) in [6.45, 7) is 1.98. The summed E-state index contributed by atoms with van der Waals surface area (Å²) in [6, 6.07) is 11.5. The van der Waals surface area contributed by atoms with Crippen molar-refractivity contribution in [3.8, 4) is 0 Å². The second kappa shape index (κ2) is 5.19. The summed E-state index contributed by atoms with van der Waals surface area (Å²) in [7, 11) is 0. The molecule has 1 aromatic heterocycles. The zero-order valence-electron chi connectivity index (χ0n) is 10.7.